The van der Waals surface area contributed by atoms with Crippen LogP contribution in [0.5, 0.6) is 0 Å². The van der Waals surface area contributed by atoms with Gasteiger partial charge in [0.05, 0.1) is 5.56 Å². The van der Waals surface area contributed by atoms with Crippen LogP contribution >= 0.6 is 0 Å². The summed E-state index contributed by atoms with van der Waals surface area (Å²) in [5, 5.41) is 0. The van der Waals surface area contributed by atoms with Gasteiger partial charge in [0.2, 0.25) is 0 Å². The Morgan fingerprint density at radius 1 is 1.00 bits per heavy atom. The highest BCUT2D eigenvalue weighted by molar-refractivity contribution is 6.08. The molecule has 0 saturated carbocycles. The van der Waals surface area contributed by atoms with E-state index in [0.29, 0.717) is 16.7 Å². The normalized spacial score (nSPS) is 10.5. The maximum absolute atomic E-state index is 12.3. The van der Waals surface area contributed by atoms with Crippen LogP contribution in [0.1, 0.15) is 21.5 Å². The van der Waals surface area contributed by atoms with E-state index in [2.05, 4.69) is 9.97 Å². The van der Waals surface area contributed by atoms with Gasteiger partial charge in [-0.15, -0.1) is 0 Å². The van der Waals surface area contributed by atoms with Crippen molar-refractivity contribution in [3.8, 4) is 11.1 Å². The van der Waals surface area contributed by atoms with Crippen LogP contribution in [0.3, 0.4) is 0 Å². The van der Waals surface area contributed by atoms with Crippen LogP contribution in [0.2, 0.25) is 0 Å². The molecular weight excluding hydrogens is 290 g/mol. The summed E-state index contributed by atoms with van der Waals surface area (Å²) in [4.78, 5) is 31.8. The van der Waals surface area contributed by atoms with Crippen molar-refractivity contribution >= 4 is 5.78 Å². The molecule has 0 bridgehead atoms. The van der Waals surface area contributed by atoms with Gasteiger partial charge in [-0.25, -0.2) is 9.97 Å². The van der Waals surface area contributed by atoms with E-state index in [-0.39, 0.29) is 11.3 Å². The third-order valence-corrected chi connectivity index (χ3v) is 3.67. The average molecular weight is 305 g/mol. The fourth-order valence-corrected chi connectivity index (χ4v) is 2.43. The largest absolute Gasteiger partial charge is 0.318 e. The number of pyridine rings is 1. The zero-order valence-corrected chi connectivity index (χ0v) is 12.9. The van der Waals surface area contributed by atoms with Gasteiger partial charge >= 0.3 is 0 Å². The van der Waals surface area contributed by atoms with Gasteiger partial charge in [0.25, 0.3) is 5.56 Å². The van der Waals surface area contributed by atoms with E-state index in [4.69, 9.17) is 0 Å². The molecule has 23 heavy (non-hydrogen) atoms. The predicted molar refractivity (Wildman–Crippen MR) is 87.3 cm³/mol. The maximum Gasteiger partial charge on any atom is 0.253 e. The molecule has 2 heterocycles. The number of aryl methyl sites for hydroxylation is 2. The minimum atomic E-state index is -0.117. The van der Waals surface area contributed by atoms with Crippen molar-refractivity contribution in [1.82, 2.24) is 14.5 Å². The smallest absolute Gasteiger partial charge is 0.253 e. The third kappa shape index (κ3) is 2.94. The second kappa shape index (κ2) is 5.96. The molecule has 0 aliphatic rings. The van der Waals surface area contributed by atoms with Gasteiger partial charge in [-0.05, 0) is 24.1 Å². The molecule has 0 N–H and O–H groups in total. The first kappa shape index (κ1) is 14.8. The SMILES string of the molecule is Cc1cc(-c2ccc(C(=O)c3cncnc3)cc2)cn(C)c1=O. The molecule has 0 saturated heterocycles. The summed E-state index contributed by atoms with van der Waals surface area (Å²) in [6, 6.07) is 9.13. The molecular formula is C18H15N3O2. The van der Waals surface area contributed by atoms with Crippen molar-refractivity contribution in [3.63, 3.8) is 0 Å². The Bertz CT molecular complexity index is 887. The Morgan fingerprint density at radius 3 is 2.26 bits per heavy atom. The van der Waals surface area contributed by atoms with Crippen LogP contribution in [0.25, 0.3) is 11.1 Å². The van der Waals surface area contributed by atoms with E-state index in [9.17, 15) is 9.59 Å². The van der Waals surface area contributed by atoms with Gasteiger partial charge in [0, 0.05) is 36.8 Å². The summed E-state index contributed by atoms with van der Waals surface area (Å²) in [6.07, 6.45) is 6.18. The Kier molecular flexibility index (Phi) is 3.85. The van der Waals surface area contributed by atoms with Crippen molar-refractivity contribution in [3.05, 3.63) is 82.3 Å². The molecule has 5 heteroatoms. The zero-order chi connectivity index (χ0) is 16.4. The van der Waals surface area contributed by atoms with Crippen LogP contribution in [-0.2, 0) is 7.05 Å². The molecule has 114 valence electrons. The summed E-state index contributed by atoms with van der Waals surface area (Å²) in [6.45, 7) is 1.79. The number of rotatable bonds is 3. The fourth-order valence-electron chi connectivity index (χ4n) is 2.43. The highest BCUT2D eigenvalue weighted by Crippen LogP contribution is 2.20. The number of ketones is 1. The molecule has 0 atom stereocenters. The number of carbonyl (C=O) groups excluding carboxylic acids is 1. The summed E-state index contributed by atoms with van der Waals surface area (Å²) in [7, 11) is 1.73. The maximum atomic E-state index is 12.3. The lowest BCUT2D eigenvalue weighted by molar-refractivity contribution is 0.103. The highest BCUT2D eigenvalue weighted by Gasteiger charge is 2.10. The Morgan fingerprint density at radius 2 is 1.65 bits per heavy atom. The van der Waals surface area contributed by atoms with Gasteiger partial charge < -0.3 is 4.57 Å². The summed E-state index contributed by atoms with van der Waals surface area (Å²) >= 11 is 0. The molecule has 0 fully saturated rings. The number of hydrogen-bond donors (Lipinski definition) is 0. The van der Waals surface area contributed by atoms with Crippen molar-refractivity contribution < 1.29 is 4.79 Å². The van der Waals surface area contributed by atoms with Crippen molar-refractivity contribution in [1.29, 1.82) is 0 Å². The molecule has 3 rings (SSSR count). The first-order valence-electron chi connectivity index (χ1n) is 7.13. The predicted octanol–water partition coefficient (Wildman–Crippen LogP) is 2.38. The number of aromatic nitrogens is 3. The molecule has 0 radical (unpaired) electrons. The minimum absolute atomic E-state index is 0.00961. The van der Waals surface area contributed by atoms with Crippen LogP contribution in [0.15, 0.2) is 60.0 Å². The molecule has 0 aliphatic carbocycles. The number of benzene rings is 1. The monoisotopic (exact) mass is 305 g/mol. The number of carbonyl (C=O) groups is 1. The molecule has 0 spiro atoms. The van der Waals surface area contributed by atoms with E-state index in [1.54, 1.807) is 36.9 Å². The summed E-state index contributed by atoms with van der Waals surface area (Å²) in [5.74, 6) is -0.117. The van der Waals surface area contributed by atoms with Gasteiger partial charge in [-0.1, -0.05) is 24.3 Å². The Hall–Kier alpha value is -3.08. The van der Waals surface area contributed by atoms with E-state index in [0.717, 1.165) is 11.1 Å². The van der Waals surface area contributed by atoms with Gasteiger partial charge in [-0.3, -0.25) is 9.59 Å². The van der Waals surface area contributed by atoms with Crippen LogP contribution < -0.4 is 5.56 Å². The molecule has 1 aromatic carbocycles. The van der Waals surface area contributed by atoms with E-state index in [1.165, 1.54) is 18.7 Å². The van der Waals surface area contributed by atoms with Crippen LogP contribution in [-0.4, -0.2) is 20.3 Å². The quantitative estimate of drug-likeness (QED) is 0.697. The Balaban J connectivity index is 1.94. The van der Waals surface area contributed by atoms with E-state index < -0.39 is 0 Å². The summed E-state index contributed by atoms with van der Waals surface area (Å²) < 4.78 is 1.56. The van der Waals surface area contributed by atoms with Crippen molar-refractivity contribution in [2.75, 3.05) is 0 Å². The van der Waals surface area contributed by atoms with Crippen LogP contribution in [0.4, 0.5) is 0 Å². The minimum Gasteiger partial charge on any atom is -0.318 e. The van der Waals surface area contributed by atoms with Crippen molar-refractivity contribution in [2.24, 2.45) is 7.05 Å². The average Bonchev–Trinajstić information content (AvgIpc) is 2.59. The van der Waals surface area contributed by atoms with Crippen molar-refractivity contribution in [2.45, 2.75) is 6.92 Å². The summed E-state index contributed by atoms with van der Waals surface area (Å²) in [5.41, 5.74) is 3.59. The molecule has 0 amide bonds. The topological polar surface area (TPSA) is 64.8 Å². The van der Waals surface area contributed by atoms with Crippen LogP contribution in [0, 0.1) is 6.92 Å². The van der Waals surface area contributed by atoms with E-state index in [1.807, 2.05) is 18.2 Å². The fraction of sp³-hybridized carbons (Fsp3) is 0.111. The van der Waals surface area contributed by atoms with Gasteiger partial charge in [0.15, 0.2) is 5.78 Å². The molecule has 3 aromatic rings. The molecule has 5 nitrogen and oxygen atoms in total. The highest BCUT2D eigenvalue weighted by atomic mass is 16.1. The lowest BCUT2D eigenvalue weighted by Gasteiger charge is -2.07. The zero-order valence-electron chi connectivity index (χ0n) is 12.9. The second-order valence-corrected chi connectivity index (χ2v) is 5.36. The molecule has 0 unspecified atom stereocenters. The van der Waals surface area contributed by atoms with Gasteiger partial charge in [0.1, 0.15) is 6.33 Å². The second-order valence-electron chi connectivity index (χ2n) is 5.36. The number of hydrogen-bond acceptors (Lipinski definition) is 4. The number of nitrogens with zero attached hydrogens (tertiary/aromatic N) is 3. The molecule has 2 aromatic heterocycles. The lowest BCUT2D eigenvalue weighted by Crippen LogP contribution is -2.18. The first-order valence-corrected chi connectivity index (χ1v) is 7.13. The molecule has 0 aliphatic heterocycles. The first-order chi connectivity index (χ1) is 11.1. The van der Waals surface area contributed by atoms with Gasteiger partial charge in [-0.2, -0.15) is 0 Å². The standard InChI is InChI=1S/C18H15N3O2/c1-12-7-15(10-21(2)18(12)23)13-3-5-14(6-4-13)17(22)16-8-19-11-20-9-16/h3-11H,1-2H3. The Labute approximate surface area is 133 Å². The third-order valence-electron chi connectivity index (χ3n) is 3.67. The van der Waals surface area contributed by atoms with E-state index >= 15 is 0 Å². The lowest BCUT2D eigenvalue weighted by atomic mass is 10.0.